The molecule has 0 aromatic carbocycles. The molecule has 3 nitrogen and oxygen atoms in total. The summed E-state index contributed by atoms with van der Waals surface area (Å²) in [5, 5.41) is 0. The van der Waals surface area contributed by atoms with E-state index in [1.807, 2.05) is 0 Å². The number of aryl methyl sites for hydroxylation is 1. The van der Waals surface area contributed by atoms with Gasteiger partial charge in [0.05, 0.1) is 5.69 Å². The lowest BCUT2D eigenvalue weighted by Gasteiger charge is -2.17. The first-order chi connectivity index (χ1) is 7.65. The van der Waals surface area contributed by atoms with Gasteiger partial charge in [0.2, 0.25) is 0 Å². The van der Waals surface area contributed by atoms with E-state index in [2.05, 4.69) is 25.3 Å². The van der Waals surface area contributed by atoms with Gasteiger partial charge in [0.25, 0.3) is 0 Å². The Morgan fingerprint density at radius 1 is 1.38 bits per heavy atom. The van der Waals surface area contributed by atoms with E-state index < -0.39 is 0 Å². The molecule has 0 aliphatic heterocycles. The minimum absolute atomic E-state index is 0.420. The first-order valence-corrected chi connectivity index (χ1v) is 6.51. The van der Waals surface area contributed by atoms with Gasteiger partial charge in [-0.15, -0.1) is 0 Å². The summed E-state index contributed by atoms with van der Waals surface area (Å²) in [4.78, 5) is 4.77. The highest BCUT2D eigenvalue weighted by Crippen LogP contribution is 2.36. The topological polar surface area (TPSA) is 43.8 Å². The molecule has 1 aliphatic carbocycles. The third-order valence-corrected chi connectivity index (χ3v) is 3.62. The quantitative estimate of drug-likeness (QED) is 0.851. The highest BCUT2D eigenvalue weighted by atomic mass is 15.2. The van der Waals surface area contributed by atoms with Crippen molar-refractivity contribution in [2.45, 2.75) is 64.8 Å². The summed E-state index contributed by atoms with van der Waals surface area (Å²) in [6.45, 7) is 6.51. The largest absolute Gasteiger partial charge is 0.384 e. The number of nitrogen functional groups attached to an aromatic ring is 1. The molecular formula is C13H23N3. The fourth-order valence-corrected chi connectivity index (χ4v) is 2.79. The van der Waals surface area contributed by atoms with E-state index in [1.54, 1.807) is 0 Å². The zero-order valence-corrected chi connectivity index (χ0v) is 10.7. The molecule has 0 radical (unpaired) electrons. The summed E-state index contributed by atoms with van der Waals surface area (Å²) in [7, 11) is 0. The van der Waals surface area contributed by atoms with Crippen molar-refractivity contribution < 1.29 is 0 Å². The summed E-state index contributed by atoms with van der Waals surface area (Å²) in [5.41, 5.74) is 7.26. The van der Waals surface area contributed by atoms with Crippen LogP contribution in [0.25, 0.3) is 0 Å². The Kier molecular flexibility index (Phi) is 3.22. The highest BCUT2D eigenvalue weighted by molar-refractivity contribution is 5.39. The second kappa shape index (κ2) is 4.48. The van der Waals surface area contributed by atoms with Crippen LogP contribution in [0.2, 0.25) is 0 Å². The number of rotatable bonds is 3. The maximum atomic E-state index is 6.18. The Morgan fingerprint density at radius 3 is 2.50 bits per heavy atom. The van der Waals surface area contributed by atoms with E-state index in [-0.39, 0.29) is 0 Å². The summed E-state index contributed by atoms with van der Waals surface area (Å²) in [6.07, 6.45) is 6.19. The number of aromatic nitrogens is 2. The maximum Gasteiger partial charge on any atom is 0.127 e. The molecule has 16 heavy (non-hydrogen) atoms. The molecule has 0 spiro atoms. The van der Waals surface area contributed by atoms with Crippen molar-refractivity contribution in [3.8, 4) is 0 Å². The maximum absolute atomic E-state index is 6.18. The molecule has 1 aliphatic rings. The van der Waals surface area contributed by atoms with Crippen LogP contribution in [0.4, 0.5) is 5.82 Å². The van der Waals surface area contributed by atoms with Crippen LogP contribution >= 0.6 is 0 Å². The molecule has 1 saturated carbocycles. The van der Waals surface area contributed by atoms with Gasteiger partial charge in [0.1, 0.15) is 11.6 Å². The number of hydrogen-bond acceptors (Lipinski definition) is 2. The molecular weight excluding hydrogens is 198 g/mol. The molecule has 0 atom stereocenters. The Balaban J connectivity index is 2.41. The summed E-state index contributed by atoms with van der Waals surface area (Å²) in [6, 6.07) is 0.420. The van der Waals surface area contributed by atoms with Gasteiger partial charge < -0.3 is 10.3 Å². The van der Waals surface area contributed by atoms with Gasteiger partial charge in [-0.1, -0.05) is 19.8 Å². The second-order valence-electron chi connectivity index (χ2n) is 5.10. The number of hydrogen-bond donors (Lipinski definition) is 1. The molecule has 2 rings (SSSR count). The Morgan fingerprint density at radius 2 is 2.00 bits per heavy atom. The van der Waals surface area contributed by atoms with Gasteiger partial charge in [-0.25, -0.2) is 4.98 Å². The number of imidazole rings is 1. The monoisotopic (exact) mass is 221 g/mol. The van der Waals surface area contributed by atoms with E-state index >= 15 is 0 Å². The molecule has 1 heterocycles. The highest BCUT2D eigenvalue weighted by Gasteiger charge is 2.25. The van der Waals surface area contributed by atoms with Crippen LogP contribution < -0.4 is 5.73 Å². The lowest BCUT2D eigenvalue weighted by molar-refractivity contribution is 0.534. The van der Waals surface area contributed by atoms with Crippen molar-refractivity contribution >= 4 is 5.82 Å². The molecule has 0 unspecified atom stereocenters. The van der Waals surface area contributed by atoms with Gasteiger partial charge in [-0.05, 0) is 33.1 Å². The molecule has 90 valence electrons. The Hall–Kier alpha value is -0.990. The predicted octanol–water partition coefficient (Wildman–Crippen LogP) is 3.27. The zero-order chi connectivity index (χ0) is 11.7. The Labute approximate surface area is 98.1 Å². The Bertz CT molecular complexity index is 359. The first kappa shape index (κ1) is 11.5. The number of nitrogens with two attached hydrogens (primary N) is 1. The molecule has 2 N–H and O–H groups in total. The SMILES string of the molecule is CCc1nc(C2CCCC2)n(C(C)C)c1N. The predicted molar refractivity (Wildman–Crippen MR) is 67.6 cm³/mol. The van der Waals surface area contributed by atoms with Gasteiger partial charge in [0.15, 0.2) is 0 Å². The van der Waals surface area contributed by atoms with E-state index in [1.165, 1.54) is 31.5 Å². The second-order valence-corrected chi connectivity index (χ2v) is 5.10. The van der Waals surface area contributed by atoms with Crippen LogP contribution in [-0.2, 0) is 6.42 Å². The lowest BCUT2D eigenvalue weighted by Crippen LogP contribution is -2.11. The van der Waals surface area contributed by atoms with Crippen LogP contribution in [0.5, 0.6) is 0 Å². The van der Waals surface area contributed by atoms with Crippen molar-refractivity contribution in [3.63, 3.8) is 0 Å². The summed E-state index contributed by atoms with van der Waals surface area (Å²) >= 11 is 0. The van der Waals surface area contributed by atoms with Gasteiger partial charge in [-0.3, -0.25) is 0 Å². The normalized spacial score (nSPS) is 17.5. The van der Waals surface area contributed by atoms with Crippen LogP contribution in [-0.4, -0.2) is 9.55 Å². The summed E-state index contributed by atoms with van der Waals surface area (Å²) in [5.74, 6) is 2.77. The van der Waals surface area contributed by atoms with Crippen LogP contribution in [0.15, 0.2) is 0 Å². The standard InChI is InChI=1S/C13H23N3/c1-4-11-12(14)16(9(2)3)13(15-11)10-7-5-6-8-10/h9-10H,4-8,14H2,1-3H3. The number of nitrogens with zero attached hydrogens (tertiary/aromatic N) is 2. The molecule has 1 aromatic heterocycles. The minimum atomic E-state index is 0.420. The summed E-state index contributed by atoms with van der Waals surface area (Å²) < 4.78 is 2.24. The van der Waals surface area contributed by atoms with Crippen LogP contribution in [0, 0.1) is 0 Å². The van der Waals surface area contributed by atoms with Crippen molar-refractivity contribution in [2.24, 2.45) is 0 Å². The van der Waals surface area contributed by atoms with Crippen molar-refractivity contribution in [3.05, 3.63) is 11.5 Å². The van der Waals surface area contributed by atoms with Crippen molar-refractivity contribution in [1.29, 1.82) is 0 Å². The molecule has 3 heteroatoms. The van der Waals surface area contributed by atoms with Gasteiger partial charge in [0, 0.05) is 12.0 Å². The smallest absolute Gasteiger partial charge is 0.127 e. The fraction of sp³-hybridized carbons (Fsp3) is 0.769. The molecule has 0 saturated heterocycles. The van der Waals surface area contributed by atoms with E-state index in [0.29, 0.717) is 12.0 Å². The molecule has 0 amide bonds. The van der Waals surface area contributed by atoms with Crippen molar-refractivity contribution in [1.82, 2.24) is 9.55 Å². The lowest BCUT2D eigenvalue weighted by atomic mass is 10.1. The van der Waals surface area contributed by atoms with E-state index in [9.17, 15) is 0 Å². The minimum Gasteiger partial charge on any atom is -0.384 e. The van der Waals surface area contributed by atoms with Crippen LogP contribution in [0.1, 0.15) is 69.9 Å². The third-order valence-electron chi connectivity index (χ3n) is 3.62. The average Bonchev–Trinajstić information content (AvgIpc) is 2.83. The number of anilines is 1. The van der Waals surface area contributed by atoms with Gasteiger partial charge >= 0.3 is 0 Å². The molecule has 1 aromatic rings. The van der Waals surface area contributed by atoms with E-state index in [0.717, 1.165) is 17.9 Å². The third kappa shape index (κ3) is 1.83. The zero-order valence-electron chi connectivity index (χ0n) is 10.7. The van der Waals surface area contributed by atoms with Crippen LogP contribution in [0.3, 0.4) is 0 Å². The molecule has 1 fully saturated rings. The average molecular weight is 221 g/mol. The fourth-order valence-electron chi connectivity index (χ4n) is 2.79. The first-order valence-electron chi connectivity index (χ1n) is 6.51. The van der Waals surface area contributed by atoms with Gasteiger partial charge in [-0.2, -0.15) is 0 Å². The molecule has 0 bridgehead atoms. The van der Waals surface area contributed by atoms with E-state index in [4.69, 9.17) is 10.7 Å². The van der Waals surface area contributed by atoms with Crippen molar-refractivity contribution in [2.75, 3.05) is 5.73 Å².